The number of benzene rings is 2. The van der Waals surface area contributed by atoms with Gasteiger partial charge >= 0.3 is 0 Å². The van der Waals surface area contributed by atoms with Crippen molar-refractivity contribution in [2.24, 2.45) is 0 Å². The average molecular weight is 459 g/mol. The van der Waals surface area contributed by atoms with Crippen LogP contribution in [-0.4, -0.2) is 28.0 Å². The Kier molecular flexibility index (Phi) is 7.35. The fraction of sp³-hybridized carbons (Fsp3) is 0.261. The van der Waals surface area contributed by atoms with E-state index in [4.69, 9.17) is 4.74 Å². The SMILES string of the molecule is CCc1cccc(CC)c1NC(=O)CN(c1ccccc1OC)S(=O)(=O)c1cccs1. The topological polar surface area (TPSA) is 75.7 Å². The Hall–Kier alpha value is -2.84. The quantitative estimate of drug-likeness (QED) is 0.504. The van der Waals surface area contributed by atoms with Crippen molar-refractivity contribution in [1.29, 1.82) is 0 Å². The first kappa shape index (κ1) is 22.8. The van der Waals surface area contributed by atoms with Gasteiger partial charge in [0.1, 0.15) is 16.5 Å². The van der Waals surface area contributed by atoms with Gasteiger partial charge in [0.05, 0.1) is 12.8 Å². The van der Waals surface area contributed by atoms with E-state index in [1.165, 1.54) is 13.2 Å². The number of para-hydroxylation sites is 3. The summed E-state index contributed by atoms with van der Waals surface area (Å²) < 4.78 is 33.4. The van der Waals surface area contributed by atoms with Crippen LogP contribution < -0.4 is 14.4 Å². The average Bonchev–Trinajstić information content (AvgIpc) is 3.33. The van der Waals surface area contributed by atoms with Crippen LogP contribution in [0.25, 0.3) is 0 Å². The van der Waals surface area contributed by atoms with E-state index in [0.717, 1.165) is 45.3 Å². The summed E-state index contributed by atoms with van der Waals surface area (Å²) in [6.45, 7) is 3.67. The summed E-state index contributed by atoms with van der Waals surface area (Å²) in [6, 6.07) is 15.9. The fourth-order valence-corrected chi connectivity index (χ4v) is 5.90. The van der Waals surface area contributed by atoms with Gasteiger partial charge < -0.3 is 10.1 Å². The molecule has 1 aromatic heterocycles. The number of aryl methyl sites for hydroxylation is 2. The highest BCUT2D eigenvalue weighted by Gasteiger charge is 2.30. The van der Waals surface area contributed by atoms with Crippen LogP contribution in [0, 0.1) is 0 Å². The van der Waals surface area contributed by atoms with Gasteiger partial charge in [0.2, 0.25) is 5.91 Å². The van der Waals surface area contributed by atoms with Crippen LogP contribution in [-0.2, 0) is 27.7 Å². The maximum Gasteiger partial charge on any atom is 0.274 e. The molecule has 1 amide bonds. The molecule has 0 unspecified atom stereocenters. The molecule has 3 aromatic rings. The van der Waals surface area contributed by atoms with E-state index in [1.807, 2.05) is 32.0 Å². The van der Waals surface area contributed by atoms with E-state index in [-0.39, 0.29) is 10.8 Å². The molecule has 0 aliphatic rings. The molecule has 164 valence electrons. The number of nitrogens with one attached hydrogen (secondary N) is 1. The van der Waals surface area contributed by atoms with Crippen molar-refractivity contribution < 1.29 is 17.9 Å². The molecule has 6 nitrogen and oxygen atoms in total. The summed E-state index contributed by atoms with van der Waals surface area (Å²) in [7, 11) is -2.48. The number of methoxy groups -OCH3 is 1. The maximum atomic E-state index is 13.4. The van der Waals surface area contributed by atoms with Crippen LogP contribution in [0.15, 0.2) is 64.2 Å². The third kappa shape index (κ3) is 4.91. The molecule has 2 aromatic carbocycles. The number of anilines is 2. The van der Waals surface area contributed by atoms with Crippen LogP contribution >= 0.6 is 11.3 Å². The number of hydrogen-bond donors (Lipinski definition) is 1. The van der Waals surface area contributed by atoms with Crippen molar-refractivity contribution in [3.05, 3.63) is 71.1 Å². The summed E-state index contributed by atoms with van der Waals surface area (Å²) in [5, 5.41) is 4.65. The molecular formula is C23H26N2O4S2. The molecule has 0 saturated heterocycles. The van der Waals surface area contributed by atoms with E-state index in [0.29, 0.717) is 11.4 Å². The zero-order valence-electron chi connectivity index (χ0n) is 17.8. The molecule has 1 heterocycles. The monoisotopic (exact) mass is 458 g/mol. The number of carbonyl (C=O) groups is 1. The number of carbonyl (C=O) groups excluding carboxylic acids is 1. The van der Waals surface area contributed by atoms with E-state index < -0.39 is 15.9 Å². The smallest absolute Gasteiger partial charge is 0.274 e. The van der Waals surface area contributed by atoms with Crippen molar-refractivity contribution in [2.75, 3.05) is 23.3 Å². The van der Waals surface area contributed by atoms with Crippen molar-refractivity contribution in [3.8, 4) is 5.75 Å². The van der Waals surface area contributed by atoms with Gasteiger partial charge in [0, 0.05) is 5.69 Å². The number of rotatable bonds is 9. The van der Waals surface area contributed by atoms with Crippen LogP contribution in [0.5, 0.6) is 5.75 Å². The Labute approximate surface area is 187 Å². The van der Waals surface area contributed by atoms with Gasteiger partial charge in [-0.25, -0.2) is 8.42 Å². The molecule has 8 heteroatoms. The fourth-order valence-electron chi connectivity index (χ4n) is 3.37. The zero-order valence-corrected chi connectivity index (χ0v) is 19.4. The third-order valence-electron chi connectivity index (χ3n) is 4.94. The molecule has 0 radical (unpaired) electrons. The predicted octanol–water partition coefficient (Wildman–Crippen LogP) is 4.72. The van der Waals surface area contributed by atoms with Gasteiger partial charge in [0.25, 0.3) is 10.0 Å². The summed E-state index contributed by atoms with van der Waals surface area (Å²) in [5.41, 5.74) is 3.09. The normalized spacial score (nSPS) is 11.2. The lowest BCUT2D eigenvalue weighted by molar-refractivity contribution is -0.114. The first-order valence-corrected chi connectivity index (χ1v) is 12.3. The summed E-state index contributed by atoms with van der Waals surface area (Å²) in [5.74, 6) is -0.0414. The Balaban J connectivity index is 2.00. The second-order valence-corrected chi connectivity index (χ2v) is 9.86. The highest BCUT2D eigenvalue weighted by Crippen LogP contribution is 2.33. The van der Waals surface area contributed by atoms with Gasteiger partial charge in [-0.05, 0) is 47.5 Å². The molecule has 0 aliphatic heterocycles. The highest BCUT2D eigenvalue weighted by atomic mass is 32.2. The predicted molar refractivity (Wildman–Crippen MR) is 126 cm³/mol. The first-order chi connectivity index (χ1) is 14.9. The van der Waals surface area contributed by atoms with Crippen LogP contribution in [0.4, 0.5) is 11.4 Å². The van der Waals surface area contributed by atoms with Gasteiger partial charge in [-0.1, -0.05) is 50.2 Å². The molecule has 1 N–H and O–H groups in total. The molecular weight excluding hydrogens is 432 g/mol. The van der Waals surface area contributed by atoms with E-state index >= 15 is 0 Å². The van der Waals surface area contributed by atoms with Crippen molar-refractivity contribution >= 4 is 38.6 Å². The lowest BCUT2D eigenvalue weighted by atomic mass is 10.0. The third-order valence-corrected chi connectivity index (χ3v) is 8.08. The summed E-state index contributed by atoms with van der Waals surface area (Å²) in [6.07, 6.45) is 1.51. The van der Waals surface area contributed by atoms with Gasteiger partial charge in [-0.15, -0.1) is 11.3 Å². The van der Waals surface area contributed by atoms with Gasteiger partial charge in [-0.3, -0.25) is 9.10 Å². The molecule has 0 bridgehead atoms. The van der Waals surface area contributed by atoms with Crippen molar-refractivity contribution in [3.63, 3.8) is 0 Å². The number of thiophene rings is 1. The zero-order chi connectivity index (χ0) is 22.4. The van der Waals surface area contributed by atoms with E-state index in [9.17, 15) is 13.2 Å². The lowest BCUT2D eigenvalue weighted by Crippen LogP contribution is -2.38. The number of hydrogen-bond acceptors (Lipinski definition) is 5. The Bertz CT molecular complexity index is 1120. The molecule has 0 fully saturated rings. The molecule has 0 atom stereocenters. The Morgan fingerprint density at radius 2 is 1.68 bits per heavy atom. The van der Waals surface area contributed by atoms with Crippen molar-refractivity contribution in [2.45, 2.75) is 30.9 Å². The van der Waals surface area contributed by atoms with Crippen LogP contribution in [0.2, 0.25) is 0 Å². The minimum Gasteiger partial charge on any atom is -0.495 e. The molecule has 3 rings (SSSR count). The summed E-state index contributed by atoms with van der Waals surface area (Å²) >= 11 is 1.11. The lowest BCUT2D eigenvalue weighted by Gasteiger charge is -2.25. The second kappa shape index (κ2) is 9.98. The minimum absolute atomic E-state index is 0.161. The number of sulfonamides is 1. The van der Waals surface area contributed by atoms with E-state index in [2.05, 4.69) is 5.32 Å². The largest absolute Gasteiger partial charge is 0.495 e. The number of ether oxygens (including phenoxy) is 1. The standard InChI is InChI=1S/C23H26N2O4S2/c1-4-17-10-8-11-18(5-2)23(17)24-21(26)16-25(19-12-6-7-13-20(19)29-3)31(27,28)22-14-9-15-30-22/h6-15H,4-5,16H2,1-3H3,(H,24,26). The van der Waals surface area contributed by atoms with E-state index in [1.54, 1.807) is 35.7 Å². The second-order valence-electron chi connectivity index (χ2n) is 6.82. The Morgan fingerprint density at radius 1 is 1.00 bits per heavy atom. The van der Waals surface area contributed by atoms with Crippen LogP contribution in [0.3, 0.4) is 0 Å². The van der Waals surface area contributed by atoms with Crippen molar-refractivity contribution in [1.82, 2.24) is 0 Å². The maximum absolute atomic E-state index is 13.4. The van der Waals surface area contributed by atoms with Gasteiger partial charge in [-0.2, -0.15) is 0 Å². The molecule has 0 spiro atoms. The summed E-state index contributed by atoms with van der Waals surface area (Å²) in [4.78, 5) is 13.1. The molecule has 0 aliphatic carbocycles. The number of nitrogens with zero attached hydrogens (tertiary/aromatic N) is 1. The van der Waals surface area contributed by atoms with Gasteiger partial charge in [0.15, 0.2) is 0 Å². The first-order valence-electron chi connectivity index (χ1n) is 10.0. The highest BCUT2D eigenvalue weighted by molar-refractivity contribution is 7.94. The number of amides is 1. The Morgan fingerprint density at radius 3 is 2.26 bits per heavy atom. The molecule has 0 saturated carbocycles. The van der Waals surface area contributed by atoms with Crippen LogP contribution in [0.1, 0.15) is 25.0 Å². The minimum atomic E-state index is -3.95. The molecule has 31 heavy (non-hydrogen) atoms.